The van der Waals surface area contributed by atoms with Crippen LogP contribution in [0.25, 0.3) is 0 Å². The van der Waals surface area contributed by atoms with Gasteiger partial charge in [0.1, 0.15) is 5.82 Å². The zero-order chi connectivity index (χ0) is 21.0. The summed E-state index contributed by atoms with van der Waals surface area (Å²) in [5.74, 6) is -0.479. The van der Waals surface area contributed by atoms with Crippen LogP contribution in [-0.4, -0.2) is 78.7 Å². The normalized spacial score (nSPS) is 21.1. The zero-order valence-corrected chi connectivity index (χ0v) is 17.1. The van der Waals surface area contributed by atoms with Gasteiger partial charge in [0.05, 0.1) is 12.5 Å². The summed E-state index contributed by atoms with van der Waals surface area (Å²) in [7, 11) is 1.74. The number of nitrogens with one attached hydrogen (secondary N) is 1. The predicted octanol–water partition coefficient (Wildman–Crippen LogP) is 1.48. The van der Waals surface area contributed by atoms with Gasteiger partial charge < -0.3 is 15.1 Å². The number of piperidine rings is 1. The van der Waals surface area contributed by atoms with Crippen LogP contribution in [0.2, 0.25) is 0 Å². The van der Waals surface area contributed by atoms with Gasteiger partial charge in [-0.2, -0.15) is 0 Å². The molecule has 0 bridgehead atoms. The monoisotopic (exact) mass is 404 g/mol. The van der Waals surface area contributed by atoms with E-state index >= 15 is 0 Å². The number of amides is 3. The molecule has 1 unspecified atom stereocenters. The molecule has 1 aromatic carbocycles. The van der Waals surface area contributed by atoms with Crippen LogP contribution in [0.15, 0.2) is 18.2 Å². The van der Waals surface area contributed by atoms with E-state index in [1.807, 2.05) is 9.80 Å². The average molecular weight is 404 g/mol. The van der Waals surface area contributed by atoms with Gasteiger partial charge in [-0.3, -0.25) is 19.3 Å². The van der Waals surface area contributed by atoms with Crippen molar-refractivity contribution in [2.75, 3.05) is 51.6 Å². The number of rotatable bonds is 4. The van der Waals surface area contributed by atoms with E-state index in [0.717, 1.165) is 13.0 Å². The van der Waals surface area contributed by atoms with Crippen molar-refractivity contribution in [1.82, 2.24) is 14.7 Å². The summed E-state index contributed by atoms with van der Waals surface area (Å²) < 4.78 is 13.6. The molecular weight excluding hydrogens is 375 g/mol. The number of benzene rings is 1. The van der Waals surface area contributed by atoms with Gasteiger partial charge in [-0.1, -0.05) is 6.07 Å². The highest BCUT2D eigenvalue weighted by molar-refractivity contribution is 5.92. The SMILES string of the molecule is Cc1ccc(NC(=O)CN2CCCN(C(=O)C3CCC(=O)N(C)C3)CC2)cc1F. The van der Waals surface area contributed by atoms with Crippen LogP contribution in [-0.2, 0) is 14.4 Å². The molecular formula is C21H29FN4O3. The quantitative estimate of drug-likeness (QED) is 0.825. The number of halogens is 1. The van der Waals surface area contributed by atoms with Crippen molar-refractivity contribution >= 4 is 23.4 Å². The third-order valence-electron chi connectivity index (χ3n) is 5.70. The Morgan fingerprint density at radius 3 is 2.72 bits per heavy atom. The second kappa shape index (κ2) is 9.35. The van der Waals surface area contributed by atoms with E-state index in [9.17, 15) is 18.8 Å². The highest BCUT2D eigenvalue weighted by Crippen LogP contribution is 2.20. The summed E-state index contributed by atoms with van der Waals surface area (Å²) in [4.78, 5) is 42.3. The highest BCUT2D eigenvalue weighted by atomic mass is 19.1. The van der Waals surface area contributed by atoms with E-state index in [1.54, 1.807) is 31.0 Å². The van der Waals surface area contributed by atoms with Crippen molar-refractivity contribution in [3.05, 3.63) is 29.6 Å². The Bertz CT molecular complexity index is 785. The van der Waals surface area contributed by atoms with Gasteiger partial charge >= 0.3 is 0 Å². The second-order valence-electron chi connectivity index (χ2n) is 7.98. The van der Waals surface area contributed by atoms with E-state index in [4.69, 9.17) is 0 Å². The fourth-order valence-electron chi connectivity index (χ4n) is 3.90. The summed E-state index contributed by atoms with van der Waals surface area (Å²) in [5, 5.41) is 2.73. The molecule has 1 N–H and O–H groups in total. The van der Waals surface area contributed by atoms with Crippen LogP contribution in [0.5, 0.6) is 0 Å². The molecule has 8 heteroatoms. The maximum atomic E-state index is 13.6. The highest BCUT2D eigenvalue weighted by Gasteiger charge is 2.32. The maximum Gasteiger partial charge on any atom is 0.238 e. The lowest BCUT2D eigenvalue weighted by Gasteiger charge is -2.32. The molecule has 2 heterocycles. The van der Waals surface area contributed by atoms with Crippen molar-refractivity contribution in [1.29, 1.82) is 0 Å². The molecule has 2 fully saturated rings. The Balaban J connectivity index is 1.49. The third kappa shape index (κ3) is 5.53. The van der Waals surface area contributed by atoms with Crippen molar-refractivity contribution < 1.29 is 18.8 Å². The summed E-state index contributed by atoms with van der Waals surface area (Å²) >= 11 is 0. The lowest BCUT2D eigenvalue weighted by molar-refractivity contribution is -0.142. The molecule has 2 saturated heterocycles. The minimum atomic E-state index is -0.346. The summed E-state index contributed by atoms with van der Waals surface area (Å²) in [6.45, 7) is 4.93. The van der Waals surface area contributed by atoms with Crippen molar-refractivity contribution in [2.24, 2.45) is 5.92 Å². The van der Waals surface area contributed by atoms with Crippen LogP contribution in [0, 0.1) is 18.7 Å². The second-order valence-corrected chi connectivity index (χ2v) is 7.98. The zero-order valence-electron chi connectivity index (χ0n) is 17.1. The molecule has 2 aliphatic heterocycles. The van der Waals surface area contributed by atoms with Gasteiger partial charge in [-0.05, 0) is 37.5 Å². The molecule has 158 valence electrons. The number of carbonyl (C=O) groups excluding carboxylic acids is 3. The topological polar surface area (TPSA) is 73.0 Å². The standard InChI is InChI=1S/C21H29FN4O3/c1-15-4-6-17(12-18(15)22)23-19(27)14-25-8-3-9-26(11-10-25)21(29)16-5-7-20(28)24(2)13-16/h4,6,12,16H,3,5,7-11,13-14H2,1-2H3,(H,23,27). The molecule has 0 spiro atoms. The minimum Gasteiger partial charge on any atom is -0.345 e. The Labute approximate surface area is 170 Å². The van der Waals surface area contributed by atoms with Gasteiger partial charge in [0, 0.05) is 51.9 Å². The van der Waals surface area contributed by atoms with Crippen LogP contribution in [0.3, 0.4) is 0 Å². The van der Waals surface area contributed by atoms with E-state index in [2.05, 4.69) is 5.32 Å². The van der Waals surface area contributed by atoms with E-state index in [-0.39, 0.29) is 36.0 Å². The van der Waals surface area contributed by atoms with Crippen LogP contribution in [0.4, 0.5) is 10.1 Å². The minimum absolute atomic E-state index is 0.0931. The Morgan fingerprint density at radius 1 is 1.21 bits per heavy atom. The van der Waals surface area contributed by atoms with Gasteiger partial charge in [-0.15, -0.1) is 0 Å². The third-order valence-corrected chi connectivity index (χ3v) is 5.70. The molecule has 29 heavy (non-hydrogen) atoms. The number of aryl methyl sites for hydroxylation is 1. The van der Waals surface area contributed by atoms with Gasteiger partial charge in [-0.25, -0.2) is 4.39 Å². The molecule has 0 radical (unpaired) electrons. The van der Waals surface area contributed by atoms with Crippen LogP contribution < -0.4 is 5.32 Å². The Hall–Kier alpha value is -2.48. The number of likely N-dealkylation sites (tertiary alicyclic amines) is 1. The first kappa shape index (κ1) is 21.2. The Kier molecular flexibility index (Phi) is 6.84. The van der Waals surface area contributed by atoms with Crippen molar-refractivity contribution in [3.8, 4) is 0 Å². The fraction of sp³-hybridized carbons (Fsp3) is 0.571. The average Bonchev–Trinajstić information content (AvgIpc) is 2.92. The van der Waals surface area contributed by atoms with E-state index < -0.39 is 0 Å². The van der Waals surface area contributed by atoms with Gasteiger partial charge in [0.25, 0.3) is 0 Å². The Morgan fingerprint density at radius 2 is 2.00 bits per heavy atom. The predicted molar refractivity (Wildman–Crippen MR) is 108 cm³/mol. The smallest absolute Gasteiger partial charge is 0.238 e. The van der Waals surface area contributed by atoms with E-state index in [0.29, 0.717) is 50.3 Å². The lowest BCUT2D eigenvalue weighted by Crippen LogP contribution is -2.46. The van der Waals surface area contributed by atoms with Crippen molar-refractivity contribution in [3.63, 3.8) is 0 Å². The maximum absolute atomic E-state index is 13.6. The number of hydrogen-bond donors (Lipinski definition) is 1. The molecule has 1 aromatic rings. The van der Waals surface area contributed by atoms with E-state index in [1.165, 1.54) is 6.07 Å². The summed E-state index contributed by atoms with van der Waals surface area (Å²) in [6.07, 6.45) is 1.82. The molecule has 3 amide bonds. The number of carbonyl (C=O) groups is 3. The first-order valence-electron chi connectivity index (χ1n) is 10.1. The largest absolute Gasteiger partial charge is 0.345 e. The summed E-state index contributed by atoms with van der Waals surface area (Å²) in [5.41, 5.74) is 0.981. The first-order valence-corrected chi connectivity index (χ1v) is 10.1. The van der Waals surface area contributed by atoms with Gasteiger partial charge in [0.2, 0.25) is 17.7 Å². The van der Waals surface area contributed by atoms with Crippen molar-refractivity contribution in [2.45, 2.75) is 26.2 Å². The lowest BCUT2D eigenvalue weighted by atomic mass is 9.96. The molecule has 0 aliphatic carbocycles. The molecule has 2 aliphatic rings. The number of nitrogens with zero attached hydrogens (tertiary/aromatic N) is 3. The molecule has 0 aromatic heterocycles. The van der Waals surface area contributed by atoms with Crippen LogP contribution >= 0.6 is 0 Å². The fourth-order valence-corrected chi connectivity index (χ4v) is 3.90. The molecule has 0 saturated carbocycles. The summed E-state index contributed by atoms with van der Waals surface area (Å²) in [6, 6.07) is 4.64. The molecule has 3 rings (SSSR count). The van der Waals surface area contributed by atoms with Crippen LogP contribution in [0.1, 0.15) is 24.8 Å². The number of anilines is 1. The first-order chi connectivity index (χ1) is 13.8. The molecule has 1 atom stereocenters. The van der Waals surface area contributed by atoms with Gasteiger partial charge in [0.15, 0.2) is 0 Å². The number of hydrogen-bond acceptors (Lipinski definition) is 4. The molecule has 7 nitrogen and oxygen atoms in total.